The van der Waals surface area contributed by atoms with E-state index in [9.17, 15) is 13.2 Å². The fraction of sp³-hybridized carbons (Fsp3) is 0.0476. The monoisotopic (exact) mass is 391 g/mol. The lowest BCUT2D eigenvalue weighted by Gasteiger charge is -2.02. The largest absolute Gasteiger partial charge is 0.453 e. The van der Waals surface area contributed by atoms with Gasteiger partial charge in [-0.15, -0.1) is 10.2 Å². The quantitative estimate of drug-likeness (QED) is 0.458. The van der Waals surface area contributed by atoms with E-state index < -0.39 is 12.0 Å². The molecule has 0 fully saturated rings. The Bertz CT molecular complexity index is 1390. The van der Waals surface area contributed by atoms with Gasteiger partial charge in [-0.05, 0) is 34.5 Å². The summed E-state index contributed by atoms with van der Waals surface area (Å²) in [6.45, 7) is 0. The van der Waals surface area contributed by atoms with Crippen molar-refractivity contribution in [3.63, 3.8) is 0 Å². The van der Waals surface area contributed by atoms with Gasteiger partial charge in [-0.3, -0.25) is 4.98 Å². The van der Waals surface area contributed by atoms with Gasteiger partial charge >= 0.3 is 6.18 Å². The third kappa shape index (κ3) is 2.89. The van der Waals surface area contributed by atoms with E-state index in [0.717, 1.165) is 20.9 Å². The van der Waals surface area contributed by atoms with Crippen LogP contribution in [-0.4, -0.2) is 24.8 Å². The van der Waals surface area contributed by atoms with E-state index in [-0.39, 0.29) is 5.65 Å². The van der Waals surface area contributed by atoms with Crippen LogP contribution in [0.4, 0.5) is 13.2 Å². The van der Waals surface area contributed by atoms with E-state index in [4.69, 9.17) is 0 Å². The van der Waals surface area contributed by atoms with Gasteiger partial charge in [0, 0.05) is 6.20 Å². The standard InChI is InChI=1S/C21H12F3N5/c22-21(23,24)20-27-26-19-16(18(28-29(19)20)17-10-3-4-11-25-17)12-14-8-5-7-13-6-1-2-9-15(13)14/h1-12H/b16-12+. The second kappa shape index (κ2) is 6.37. The molecule has 0 aliphatic rings. The molecule has 0 atom stereocenters. The van der Waals surface area contributed by atoms with Crippen molar-refractivity contribution in [3.05, 3.63) is 83.5 Å². The normalized spacial score (nSPS) is 12.9. The van der Waals surface area contributed by atoms with Crippen LogP contribution in [0.25, 0.3) is 33.9 Å². The highest BCUT2D eigenvalue weighted by Gasteiger charge is 2.38. The third-order valence-electron chi connectivity index (χ3n) is 4.62. The number of aromatic nitrogens is 5. The highest BCUT2D eigenvalue weighted by atomic mass is 19.4. The molecule has 0 radical (unpaired) electrons. The summed E-state index contributed by atoms with van der Waals surface area (Å²) < 4.78 is 40.8. The Balaban J connectivity index is 1.86. The molecular formula is C21H12F3N5. The molecule has 0 spiro atoms. The van der Waals surface area contributed by atoms with Gasteiger partial charge < -0.3 is 0 Å². The van der Waals surface area contributed by atoms with Gasteiger partial charge in [0.2, 0.25) is 0 Å². The summed E-state index contributed by atoms with van der Waals surface area (Å²) >= 11 is 0. The van der Waals surface area contributed by atoms with Crippen LogP contribution in [0, 0.1) is 0 Å². The van der Waals surface area contributed by atoms with Crippen molar-refractivity contribution in [2.24, 2.45) is 0 Å². The lowest BCUT2D eigenvalue weighted by molar-refractivity contribution is -0.146. The highest BCUT2D eigenvalue weighted by molar-refractivity contribution is 5.91. The number of pyridine rings is 1. The molecule has 0 saturated carbocycles. The molecule has 0 N–H and O–H groups in total. The molecule has 0 unspecified atom stereocenters. The first-order valence-corrected chi connectivity index (χ1v) is 8.75. The third-order valence-corrected chi connectivity index (χ3v) is 4.62. The molecule has 0 aliphatic heterocycles. The topological polar surface area (TPSA) is 56.0 Å². The van der Waals surface area contributed by atoms with Crippen LogP contribution >= 0.6 is 0 Å². The smallest absolute Gasteiger partial charge is 0.255 e. The molecule has 5 nitrogen and oxygen atoms in total. The number of hydrogen-bond acceptors (Lipinski definition) is 4. The molecule has 0 aliphatic carbocycles. The average Bonchev–Trinajstić information content (AvgIpc) is 3.29. The molecule has 29 heavy (non-hydrogen) atoms. The Morgan fingerprint density at radius 3 is 2.45 bits per heavy atom. The first-order valence-electron chi connectivity index (χ1n) is 8.75. The summed E-state index contributed by atoms with van der Waals surface area (Å²) in [4.78, 5) is 4.26. The number of benzene rings is 2. The lowest BCUT2D eigenvalue weighted by atomic mass is 10.0. The fourth-order valence-corrected chi connectivity index (χ4v) is 3.34. The maximum Gasteiger partial charge on any atom is 0.453 e. The van der Waals surface area contributed by atoms with Crippen LogP contribution < -0.4 is 5.22 Å². The second-order valence-corrected chi connectivity index (χ2v) is 6.45. The molecule has 8 heteroatoms. The minimum Gasteiger partial charge on any atom is -0.255 e. The van der Waals surface area contributed by atoms with Gasteiger partial charge in [0.25, 0.3) is 5.82 Å². The van der Waals surface area contributed by atoms with E-state index >= 15 is 0 Å². The number of rotatable bonds is 2. The molecule has 3 aromatic heterocycles. The van der Waals surface area contributed by atoms with Crippen LogP contribution in [0.3, 0.4) is 0 Å². The summed E-state index contributed by atoms with van der Waals surface area (Å²) in [5, 5.41) is 13.7. The van der Waals surface area contributed by atoms with Gasteiger partial charge in [0.05, 0.1) is 10.9 Å². The number of halogens is 3. The van der Waals surface area contributed by atoms with Crippen molar-refractivity contribution < 1.29 is 13.2 Å². The van der Waals surface area contributed by atoms with Crippen molar-refractivity contribution >= 4 is 22.5 Å². The molecule has 0 amide bonds. The number of fused-ring (bicyclic) bond motifs is 2. The summed E-state index contributed by atoms with van der Waals surface area (Å²) in [5.74, 6) is -1.16. The molecule has 3 heterocycles. The average molecular weight is 391 g/mol. The first kappa shape index (κ1) is 17.3. The minimum atomic E-state index is -4.67. The van der Waals surface area contributed by atoms with Gasteiger partial charge in [-0.1, -0.05) is 48.5 Å². The SMILES string of the molecule is FC(F)(F)c1nnc2/c(=C/c3cccc4ccccc34)c(-c3ccccn3)nn12. The van der Waals surface area contributed by atoms with Crippen molar-refractivity contribution in [1.82, 2.24) is 24.8 Å². The Hall–Kier alpha value is -3.81. The first-order chi connectivity index (χ1) is 14.0. The van der Waals surface area contributed by atoms with Gasteiger partial charge in [-0.25, -0.2) is 0 Å². The minimum absolute atomic E-state index is 0.0333. The zero-order chi connectivity index (χ0) is 20.0. The van der Waals surface area contributed by atoms with E-state index in [1.165, 1.54) is 0 Å². The zero-order valence-electron chi connectivity index (χ0n) is 14.8. The number of hydrogen-bond donors (Lipinski definition) is 0. The molecule has 0 bridgehead atoms. The highest BCUT2D eigenvalue weighted by Crippen LogP contribution is 2.28. The fourth-order valence-electron chi connectivity index (χ4n) is 3.34. The molecule has 142 valence electrons. The van der Waals surface area contributed by atoms with Crippen molar-refractivity contribution in [3.8, 4) is 11.4 Å². The Labute approximate surface area is 162 Å². The zero-order valence-corrected chi connectivity index (χ0v) is 14.8. The molecule has 5 rings (SSSR count). The van der Waals surface area contributed by atoms with Crippen molar-refractivity contribution in [2.75, 3.05) is 0 Å². The maximum absolute atomic E-state index is 13.3. The van der Waals surface area contributed by atoms with Crippen LogP contribution in [-0.2, 0) is 6.18 Å². The molecule has 0 saturated heterocycles. The molecular weight excluding hydrogens is 379 g/mol. The number of nitrogens with zero attached hydrogens (tertiary/aromatic N) is 5. The summed E-state index contributed by atoms with van der Waals surface area (Å²) in [6.07, 6.45) is -1.32. The molecule has 2 aromatic carbocycles. The Morgan fingerprint density at radius 2 is 1.66 bits per heavy atom. The van der Waals surface area contributed by atoms with Crippen molar-refractivity contribution in [1.29, 1.82) is 0 Å². The van der Waals surface area contributed by atoms with Gasteiger partial charge in [-0.2, -0.15) is 22.8 Å². The van der Waals surface area contributed by atoms with Crippen LogP contribution in [0.2, 0.25) is 0 Å². The van der Waals surface area contributed by atoms with Gasteiger partial charge in [0.15, 0.2) is 5.65 Å². The predicted octanol–water partition coefficient (Wildman–Crippen LogP) is 3.91. The van der Waals surface area contributed by atoms with E-state index in [0.29, 0.717) is 16.6 Å². The number of alkyl halides is 3. The summed E-state index contributed by atoms with van der Waals surface area (Å²) in [5.41, 5.74) is 1.64. The lowest BCUT2D eigenvalue weighted by Crippen LogP contribution is -2.11. The predicted molar refractivity (Wildman–Crippen MR) is 102 cm³/mol. The summed E-state index contributed by atoms with van der Waals surface area (Å²) in [6, 6.07) is 18.7. The molecule has 5 aromatic rings. The van der Waals surface area contributed by atoms with E-state index in [1.807, 2.05) is 42.5 Å². The maximum atomic E-state index is 13.3. The van der Waals surface area contributed by atoms with E-state index in [2.05, 4.69) is 20.3 Å². The van der Waals surface area contributed by atoms with Crippen LogP contribution in [0.5, 0.6) is 0 Å². The van der Waals surface area contributed by atoms with E-state index in [1.54, 1.807) is 30.5 Å². The van der Waals surface area contributed by atoms with Gasteiger partial charge in [0.1, 0.15) is 5.69 Å². The Kier molecular flexibility index (Phi) is 3.80. The van der Waals surface area contributed by atoms with Crippen LogP contribution in [0.1, 0.15) is 11.4 Å². The summed E-state index contributed by atoms with van der Waals surface area (Å²) in [7, 11) is 0. The van der Waals surface area contributed by atoms with Crippen molar-refractivity contribution in [2.45, 2.75) is 6.18 Å². The Morgan fingerprint density at radius 1 is 0.862 bits per heavy atom. The van der Waals surface area contributed by atoms with Crippen LogP contribution in [0.15, 0.2) is 66.9 Å². The second-order valence-electron chi connectivity index (χ2n) is 6.45.